The molecule has 0 saturated carbocycles. The van der Waals surface area contributed by atoms with Gasteiger partial charge in [-0.15, -0.1) is 0 Å². The first-order chi connectivity index (χ1) is 22.6. The topological polar surface area (TPSA) is 4.93 Å². The van der Waals surface area contributed by atoms with Crippen molar-refractivity contribution in [2.45, 2.75) is 32.1 Å². The Balaban J connectivity index is 1.18. The van der Waals surface area contributed by atoms with Crippen molar-refractivity contribution in [1.29, 1.82) is 0 Å². The van der Waals surface area contributed by atoms with Crippen LogP contribution in [0.25, 0.3) is 77.4 Å². The van der Waals surface area contributed by atoms with Gasteiger partial charge in [-0.2, -0.15) is 0 Å². The molecule has 46 heavy (non-hydrogen) atoms. The Morgan fingerprint density at radius 1 is 0.522 bits per heavy atom. The Bertz CT molecular complexity index is 2610. The molecular formula is C45H33N. The third-order valence-electron chi connectivity index (χ3n) is 10.9. The highest BCUT2D eigenvalue weighted by Gasteiger charge is 2.35. The summed E-state index contributed by atoms with van der Waals surface area (Å²) in [5, 5.41) is 7.99. The molecule has 2 aliphatic rings. The average Bonchev–Trinajstić information content (AvgIpc) is 3.56. The molecule has 1 aromatic heterocycles. The number of aryl methyl sites for hydroxylation is 1. The summed E-state index contributed by atoms with van der Waals surface area (Å²) in [5.74, 6) is 0. The molecule has 1 heteroatoms. The second-order valence-electron chi connectivity index (χ2n) is 13.6. The van der Waals surface area contributed by atoms with E-state index in [9.17, 15) is 0 Å². The predicted molar refractivity (Wildman–Crippen MR) is 196 cm³/mol. The maximum atomic E-state index is 2.47. The number of rotatable bonds is 2. The van der Waals surface area contributed by atoms with E-state index in [0.29, 0.717) is 0 Å². The summed E-state index contributed by atoms with van der Waals surface area (Å²) < 4.78 is 2.47. The van der Waals surface area contributed by atoms with Crippen LogP contribution >= 0.6 is 0 Å². The molecule has 0 N–H and O–H groups in total. The fourth-order valence-corrected chi connectivity index (χ4v) is 8.64. The molecule has 8 aromatic rings. The van der Waals surface area contributed by atoms with Crippen molar-refractivity contribution in [2.75, 3.05) is 0 Å². The minimum atomic E-state index is 0.0174. The molecule has 0 spiro atoms. The van der Waals surface area contributed by atoms with Crippen molar-refractivity contribution < 1.29 is 0 Å². The van der Waals surface area contributed by atoms with Crippen LogP contribution < -0.4 is 0 Å². The van der Waals surface area contributed by atoms with Gasteiger partial charge in [0.1, 0.15) is 0 Å². The molecule has 0 saturated heterocycles. The second-order valence-corrected chi connectivity index (χ2v) is 13.6. The molecule has 2 aliphatic carbocycles. The van der Waals surface area contributed by atoms with Gasteiger partial charge in [-0.05, 0) is 115 Å². The minimum absolute atomic E-state index is 0.0174. The summed E-state index contributed by atoms with van der Waals surface area (Å²) in [6.45, 7) is 4.69. The number of benzene rings is 7. The fraction of sp³-hybridized carbons (Fsp3) is 0.111. The molecule has 7 aromatic carbocycles. The highest BCUT2D eigenvalue weighted by molar-refractivity contribution is 6.14. The molecule has 0 amide bonds. The molecule has 0 atom stereocenters. The molecule has 10 rings (SSSR count). The molecule has 0 aliphatic heterocycles. The van der Waals surface area contributed by atoms with Crippen LogP contribution in [0.4, 0.5) is 0 Å². The van der Waals surface area contributed by atoms with E-state index in [-0.39, 0.29) is 5.41 Å². The Labute approximate surface area is 269 Å². The zero-order valence-corrected chi connectivity index (χ0v) is 26.1. The van der Waals surface area contributed by atoms with E-state index >= 15 is 0 Å². The fourth-order valence-electron chi connectivity index (χ4n) is 8.64. The van der Waals surface area contributed by atoms with Crippen molar-refractivity contribution >= 4 is 49.4 Å². The zero-order valence-electron chi connectivity index (χ0n) is 26.1. The molecule has 0 unspecified atom stereocenters. The number of hydrogen-bond acceptors (Lipinski definition) is 0. The van der Waals surface area contributed by atoms with Crippen LogP contribution in [0.15, 0.2) is 133 Å². The van der Waals surface area contributed by atoms with Gasteiger partial charge in [0.25, 0.3) is 0 Å². The monoisotopic (exact) mass is 587 g/mol. The lowest BCUT2D eigenvalue weighted by Gasteiger charge is -2.21. The largest absolute Gasteiger partial charge is 0.309 e. The Morgan fingerprint density at radius 3 is 2.13 bits per heavy atom. The van der Waals surface area contributed by atoms with E-state index < -0.39 is 0 Å². The van der Waals surface area contributed by atoms with Crippen molar-refractivity contribution in [3.05, 3.63) is 156 Å². The van der Waals surface area contributed by atoms with Crippen LogP contribution in [-0.2, 0) is 11.8 Å². The van der Waals surface area contributed by atoms with E-state index in [1.54, 1.807) is 0 Å². The summed E-state index contributed by atoms with van der Waals surface area (Å²) in [4.78, 5) is 0. The van der Waals surface area contributed by atoms with E-state index in [0.717, 1.165) is 12.8 Å². The van der Waals surface area contributed by atoms with Gasteiger partial charge in [0.15, 0.2) is 0 Å². The Morgan fingerprint density at radius 2 is 1.22 bits per heavy atom. The Hall–Kier alpha value is -5.40. The smallest absolute Gasteiger partial charge is 0.0541 e. The van der Waals surface area contributed by atoms with Crippen LogP contribution in [0.3, 0.4) is 0 Å². The third-order valence-corrected chi connectivity index (χ3v) is 10.9. The van der Waals surface area contributed by atoms with Crippen LogP contribution in [0.2, 0.25) is 0 Å². The number of aromatic nitrogens is 1. The van der Waals surface area contributed by atoms with Gasteiger partial charge >= 0.3 is 0 Å². The summed E-state index contributed by atoms with van der Waals surface area (Å²) in [7, 11) is 0. The predicted octanol–water partition coefficient (Wildman–Crippen LogP) is 12.0. The SMILES string of the molecule is CC1(C)c2ccccc2-c2cc(-c3ccc4c(c3)c3ccccc3n4-c3ccc4c(c3)c3c(c5ccccc54)C=CCC3)ccc21. The van der Waals surface area contributed by atoms with Gasteiger partial charge in [-0.25, -0.2) is 0 Å². The highest BCUT2D eigenvalue weighted by atomic mass is 15.0. The first-order valence-electron chi connectivity index (χ1n) is 16.5. The lowest BCUT2D eigenvalue weighted by atomic mass is 9.82. The summed E-state index contributed by atoms with van der Waals surface area (Å²) in [6.07, 6.45) is 6.84. The van der Waals surface area contributed by atoms with Gasteiger partial charge in [0.05, 0.1) is 11.0 Å². The van der Waals surface area contributed by atoms with Crippen molar-refractivity contribution in [1.82, 2.24) is 4.57 Å². The first kappa shape index (κ1) is 25.9. The number of nitrogens with zero attached hydrogens (tertiary/aromatic N) is 1. The standard InChI is InChI=1S/C45H33N/c1-45(2)41-17-9-7-15-36(41)39-25-28(19-23-42(39)45)29-20-24-44-40(26-29)37-16-8-10-18-43(37)46(44)30-21-22-35-33-13-4-3-11-31(33)32-12-5-6-14-34(32)38(35)27-30/h3-5,7-13,15-27H,6,14H2,1-2H3. The van der Waals surface area contributed by atoms with Crippen molar-refractivity contribution in [3.63, 3.8) is 0 Å². The van der Waals surface area contributed by atoms with Crippen LogP contribution in [-0.4, -0.2) is 4.57 Å². The van der Waals surface area contributed by atoms with Crippen LogP contribution in [0.1, 0.15) is 42.5 Å². The Kier molecular flexibility index (Phi) is 5.24. The van der Waals surface area contributed by atoms with Crippen LogP contribution in [0, 0.1) is 0 Å². The van der Waals surface area contributed by atoms with Gasteiger partial charge in [0, 0.05) is 21.9 Å². The van der Waals surface area contributed by atoms with Crippen molar-refractivity contribution in [2.24, 2.45) is 0 Å². The molecule has 0 fully saturated rings. The number of allylic oxidation sites excluding steroid dienone is 1. The zero-order chi connectivity index (χ0) is 30.6. The molecule has 0 radical (unpaired) electrons. The highest BCUT2D eigenvalue weighted by Crippen LogP contribution is 2.49. The number of fused-ring (bicyclic) bond motifs is 12. The molecule has 0 bridgehead atoms. The van der Waals surface area contributed by atoms with Crippen LogP contribution in [0.5, 0.6) is 0 Å². The van der Waals surface area contributed by atoms with Gasteiger partial charge in [0.2, 0.25) is 0 Å². The molecular weight excluding hydrogens is 555 g/mol. The first-order valence-corrected chi connectivity index (χ1v) is 16.5. The molecule has 1 nitrogen and oxygen atoms in total. The quantitative estimate of drug-likeness (QED) is 0.177. The number of hydrogen-bond donors (Lipinski definition) is 0. The van der Waals surface area contributed by atoms with E-state index in [2.05, 4.69) is 158 Å². The third kappa shape index (κ3) is 3.46. The van der Waals surface area contributed by atoms with Gasteiger partial charge in [-0.3, -0.25) is 0 Å². The second kappa shape index (κ2) is 9.31. The van der Waals surface area contributed by atoms with E-state index in [1.807, 2.05) is 0 Å². The summed E-state index contributed by atoms with van der Waals surface area (Å²) in [5.41, 5.74) is 14.7. The molecule has 1 heterocycles. The lowest BCUT2D eigenvalue weighted by molar-refractivity contribution is 0.660. The van der Waals surface area contributed by atoms with E-state index in [4.69, 9.17) is 0 Å². The lowest BCUT2D eigenvalue weighted by Crippen LogP contribution is -2.14. The normalized spacial score (nSPS) is 14.7. The van der Waals surface area contributed by atoms with Crippen molar-refractivity contribution in [3.8, 4) is 27.9 Å². The average molecular weight is 588 g/mol. The number of para-hydroxylation sites is 1. The summed E-state index contributed by atoms with van der Waals surface area (Å²) >= 11 is 0. The maximum Gasteiger partial charge on any atom is 0.0541 e. The summed E-state index contributed by atoms with van der Waals surface area (Å²) in [6, 6.07) is 47.9. The molecule has 218 valence electrons. The van der Waals surface area contributed by atoms with Gasteiger partial charge < -0.3 is 4.57 Å². The minimum Gasteiger partial charge on any atom is -0.309 e. The van der Waals surface area contributed by atoms with E-state index in [1.165, 1.54) is 93.5 Å². The van der Waals surface area contributed by atoms with Gasteiger partial charge in [-0.1, -0.05) is 117 Å². The maximum absolute atomic E-state index is 2.47.